The maximum atomic E-state index is 13.8. The topological polar surface area (TPSA) is 113 Å². The molecule has 1 aliphatic rings. The zero-order valence-corrected chi connectivity index (χ0v) is 23.3. The third-order valence-corrected chi connectivity index (χ3v) is 8.27. The molecule has 1 aromatic rings. The lowest BCUT2D eigenvalue weighted by Gasteiger charge is -2.28. The Morgan fingerprint density at radius 3 is 2.13 bits per heavy atom. The quantitative estimate of drug-likeness (QED) is 0.0863. The van der Waals surface area contributed by atoms with Gasteiger partial charge in [-0.2, -0.15) is 0 Å². The van der Waals surface area contributed by atoms with Crippen LogP contribution in [0, 0.1) is 22.7 Å². The van der Waals surface area contributed by atoms with E-state index >= 15 is 0 Å². The molecule has 0 aliphatic heterocycles. The van der Waals surface area contributed by atoms with Gasteiger partial charge in [0.25, 0.3) is 0 Å². The predicted octanol–water partition coefficient (Wildman–Crippen LogP) is 4.31. The zero-order valence-electron chi connectivity index (χ0n) is 22.5. The molecule has 0 aromatic heterocycles. The number of carbonyl (C=O) groups excluding carboxylic acids is 3. The molecule has 38 heavy (non-hydrogen) atoms. The Morgan fingerprint density at radius 1 is 0.974 bits per heavy atom. The van der Waals surface area contributed by atoms with E-state index in [1.165, 1.54) is 12.1 Å². The lowest BCUT2D eigenvalue weighted by Crippen LogP contribution is -2.42. The van der Waals surface area contributed by atoms with Crippen molar-refractivity contribution in [2.75, 3.05) is 21.3 Å². The minimum atomic E-state index is -4.22. The number of esters is 3. The van der Waals surface area contributed by atoms with E-state index in [1.807, 2.05) is 13.8 Å². The summed E-state index contributed by atoms with van der Waals surface area (Å²) in [5.41, 5.74) is 1.37. The van der Waals surface area contributed by atoms with E-state index in [2.05, 4.69) is 28.4 Å². The molecule has 0 amide bonds. The van der Waals surface area contributed by atoms with E-state index in [4.69, 9.17) is 9.47 Å². The van der Waals surface area contributed by atoms with E-state index in [0.29, 0.717) is 0 Å². The molecule has 0 radical (unpaired) electrons. The Hall–Kier alpha value is -3.60. The lowest BCUT2D eigenvalue weighted by atomic mass is 9.78. The molecule has 204 valence electrons. The second kappa shape index (κ2) is 13.3. The summed E-state index contributed by atoms with van der Waals surface area (Å²) in [7, 11) is -0.952. The third-order valence-electron chi connectivity index (χ3n) is 6.47. The molecule has 0 unspecified atom stereocenters. The maximum absolute atomic E-state index is 13.8. The standard InChI is InChI=1S/C29H34O8S/c1-28(2,22-13-8-6-9-14-22)20-18-24(38(33,34)23-15-10-7-11-16-23)21-29(26(31)36-4,27(32)37-5)19-12-17-25(30)35-3/h7,10-11,13,15-16,20H,6,8-9,14,19,21H2,1-5H3. The van der Waals surface area contributed by atoms with Gasteiger partial charge in [-0.05, 0) is 43.9 Å². The van der Waals surface area contributed by atoms with Crippen molar-refractivity contribution in [2.24, 2.45) is 10.8 Å². The van der Waals surface area contributed by atoms with Gasteiger partial charge in [0.05, 0.1) is 31.1 Å². The second-order valence-electron chi connectivity index (χ2n) is 9.44. The average molecular weight is 543 g/mol. The monoisotopic (exact) mass is 542 g/mol. The number of hydrogen-bond donors (Lipinski definition) is 0. The molecule has 9 heteroatoms. The summed E-state index contributed by atoms with van der Waals surface area (Å²) in [5.74, 6) is 1.62. The van der Waals surface area contributed by atoms with Crippen molar-refractivity contribution in [1.29, 1.82) is 0 Å². The number of sulfone groups is 1. The van der Waals surface area contributed by atoms with Crippen molar-refractivity contribution < 1.29 is 37.0 Å². The largest absolute Gasteiger partial charge is 0.468 e. The predicted molar refractivity (Wildman–Crippen MR) is 141 cm³/mol. The van der Waals surface area contributed by atoms with Crippen LogP contribution in [-0.4, -0.2) is 47.7 Å². The Morgan fingerprint density at radius 2 is 1.61 bits per heavy atom. The Labute approximate surface area is 224 Å². The number of allylic oxidation sites excluding steroid dienone is 3. The van der Waals surface area contributed by atoms with Crippen molar-refractivity contribution in [3.63, 3.8) is 0 Å². The lowest BCUT2D eigenvalue weighted by molar-refractivity contribution is -0.168. The minimum Gasteiger partial charge on any atom is -0.468 e. The number of hydrogen-bond acceptors (Lipinski definition) is 8. The van der Waals surface area contributed by atoms with Gasteiger partial charge < -0.3 is 14.2 Å². The molecule has 0 spiro atoms. The van der Waals surface area contributed by atoms with Crippen LogP contribution in [0.25, 0.3) is 0 Å². The summed E-state index contributed by atoms with van der Waals surface area (Å²) in [6.07, 6.45) is 6.56. The fraction of sp³-hybridized carbons (Fsp3) is 0.448. The van der Waals surface area contributed by atoms with Crippen LogP contribution in [0.2, 0.25) is 0 Å². The summed E-state index contributed by atoms with van der Waals surface area (Å²) >= 11 is 0. The van der Waals surface area contributed by atoms with Crippen LogP contribution in [0.15, 0.2) is 63.6 Å². The normalized spacial score (nSPS) is 13.6. The van der Waals surface area contributed by atoms with Gasteiger partial charge in [-0.15, -0.1) is 5.73 Å². The SMILES string of the molecule is COC(=O)C#CCC(CC(=C=CC(C)(C)C1=CCCCC1)S(=O)(=O)c1ccccc1)(C(=O)OC)C(=O)OC. The van der Waals surface area contributed by atoms with Gasteiger partial charge in [-0.3, -0.25) is 9.59 Å². The Kier molecular flexibility index (Phi) is 10.7. The van der Waals surface area contributed by atoms with Crippen LogP contribution in [0.5, 0.6) is 0 Å². The van der Waals surface area contributed by atoms with Crippen LogP contribution < -0.4 is 0 Å². The number of rotatable bonds is 9. The van der Waals surface area contributed by atoms with Crippen molar-refractivity contribution in [2.45, 2.75) is 57.3 Å². The molecule has 0 atom stereocenters. The molecule has 8 nitrogen and oxygen atoms in total. The van der Waals surface area contributed by atoms with Gasteiger partial charge >= 0.3 is 17.9 Å². The molecule has 1 aromatic carbocycles. The zero-order chi connectivity index (χ0) is 28.4. The summed E-state index contributed by atoms with van der Waals surface area (Å²) in [4.78, 5) is 37.3. The highest BCUT2D eigenvalue weighted by molar-refractivity contribution is 7.95. The molecular formula is C29H34O8S. The maximum Gasteiger partial charge on any atom is 0.384 e. The van der Waals surface area contributed by atoms with Gasteiger partial charge in [0.2, 0.25) is 9.84 Å². The first-order valence-corrected chi connectivity index (χ1v) is 13.6. The highest BCUT2D eigenvalue weighted by Gasteiger charge is 2.50. The molecule has 2 rings (SSSR count). The van der Waals surface area contributed by atoms with Gasteiger partial charge in [0.15, 0.2) is 5.41 Å². The van der Waals surface area contributed by atoms with Crippen LogP contribution in [0.1, 0.15) is 52.4 Å². The van der Waals surface area contributed by atoms with E-state index < -0.39 is 51.4 Å². The molecule has 1 aliphatic carbocycles. The average Bonchev–Trinajstić information content (AvgIpc) is 2.94. The van der Waals surface area contributed by atoms with Gasteiger partial charge in [0, 0.05) is 24.2 Å². The number of methoxy groups -OCH3 is 3. The Bertz CT molecular complexity index is 1290. The van der Waals surface area contributed by atoms with Crippen LogP contribution in [0.3, 0.4) is 0 Å². The fourth-order valence-corrected chi connectivity index (χ4v) is 5.61. The van der Waals surface area contributed by atoms with Crippen molar-refractivity contribution in [3.8, 4) is 11.8 Å². The molecule has 0 saturated heterocycles. The first-order chi connectivity index (χ1) is 17.9. The van der Waals surface area contributed by atoms with Crippen LogP contribution in [0.4, 0.5) is 0 Å². The highest BCUT2D eigenvalue weighted by Crippen LogP contribution is 2.39. The molecular weight excluding hydrogens is 508 g/mol. The second-order valence-corrected chi connectivity index (χ2v) is 11.4. The number of benzene rings is 1. The summed E-state index contributed by atoms with van der Waals surface area (Å²) in [6.45, 7) is 3.92. The van der Waals surface area contributed by atoms with Crippen molar-refractivity contribution >= 4 is 27.7 Å². The summed E-state index contributed by atoms with van der Waals surface area (Å²) < 4.78 is 41.9. The van der Waals surface area contributed by atoms with Gasteiger partial charge in [-0.1, -0.05) is 49.6 Å². The third kappa shape index (κ3) is 7.25. The molecule has 0 N–H and O–H groups in total. The smallest absolute Gasteiger partial charge is 0.384 e. The molecule has 0 heterocycles. The number of carbonyl (C=O) groups is 3. The van der Waals surface area contributed by atoms with E-state index in [9.17, 15) is 22.8 Å². The molecule has 0 saturated carbocycles. The number of ether oxygens (including phenoxy) is 3. The molecule has 0 bridgehead atoms. The van der Waals surface area contributed by atoms with Crippen LogP contribution >= 0.6 is 0 Å². The van der Waals surface area contributed by atoms with E-state index in [0.717, 1.165) is 52.6 Å². The molecule has 0 fully saturated rings. The highest BCUT2D eigenvalue weighted by atomic mass is 32.2. The minimum absolute atomic E-state index is 0.0325. The first-order valence-electron chi connectivity index (χ1n) is 12.1. The van der Waals surface area contributed by atoms with Crippen molar-refractivity contribution in [1.82, 2.24) is 0 Å². The first kappa shape index (κ1) is 30.6. The van der Waals surface area contributed by atoms with E-state index in [1.54, 1.807) is 24.3 Å². The summed E-state index contributed by atoms with van der Waals surface area (Å²) in [5, 5.41) is 0. The Balaban J connectivity index is 2.79. The van der Waals surface area contributed by atoms with E-state index in [-0.39, 0.29) is 9.80 Å². The van der Waals surface area contributed by atoms with Crippen LogP contribution in [-0.2, 0) is 38.4 Å². The fourth-order valence-electron chi connectivity index (χ4n) is 4.16. The van der Waals surface area contributed by atoms with Crippen molar-refractivity contribution in [3.05, 3.63) is 58.7 Å². The van der Waals surface area contributed by atoms with Gasteiger partial charge in [0.1, 0.15) is 0 Å². The summed E-state index contributed by atoms with van der Waals surface area (Å²) in [6, 6.07) is 7.65. The van der Waals surface area contributed by atoms with Gasteiger partial charge in [-0.25, -0.2) is 13.2 Å².